The second-order valence-electron chi connectivity index (χ2n) is 8.31. The molecule has 2 rings (SSSR count). The van der Waals surface area contributed by atoms with Gasteiger partial charge in [0.2, 0.25) is 0 Å². The van der Waals surface area contributed by atoms with Crippen molar-refractivity contribution >= 4 is 12.2 Å². The minimum absolute atomic E-state index is 0.179. The first-order valence-corrected chi connectivity index (χ1v) is 9.84. The highest BCUT2D eigenvalue weighted by Gasteiger charge is 2.33. The first-order valence-electron chi connectivity index (χ1n) is 9.84. The molecule has 1 aromatic carbocycles. The lowest BCUT2D eigenvalue weighted by atomic mass is 10.1. The Balaban J connectivity index is 1.72. The maximum absolute atomic E-state index is 12.3. The van der Waals surface area contributed by atoms with Crippen molar-refractivity contribution < 1.29 is 19.1 Å². The van der Waals surface area contributed by atoms with Crippen molar-refractivity contribution in [3.8, 4) is 0 Å². The summed E-state index contributed by atoms with van der Waals surface area (Å²) in [6.07, 6.45) is -0.690. The SMILES string of the molecule is CC1CN(C(=O)OC(C)(C)C)CC(C)N1CCNC(=O)OCc1ccccc1. The Kier molecular flexibility index (Phi) is 7.69. The van der Waals surface area contributed by atoms with Gasteiger partial charge in [0.1, 0.15) is 12.2 Å². The quantitative estimate of drug-likeness (QED) is 0.834. The number of hydrogen-bond acceptors (Lipinski definition) is 5. The summed E-state index contributed by atoms with van der Waals surface area (Å²) in [6.45, 7) is 12.5. The van der Waals surface area contributed by atoms with Crippen molar-refractivity contribution in [2.24, 2.45) is 0 Å². The van der Waals surface area contributed by atoms with Crippen LogP contribution in [0.2, 0.25) is 0 Å². The molecule has 28 heavy (non-hydrogen) atoms. The lowest BCUT2D eigenvalue weighted by Crippen LogP contribution is -2.59. The van der Waals surface area contributed by atoms with Crippen molar-refractivity contribution in [2.75, 3.05) is 26.2 Å². The summed E-state index contributed by atoms with van der Waals surface area (Å²) in [6, 6.07) is 9.94. The number of nitrogens with one attached hydrogen (secondary N) is 1. The van der Waals surface area contributed by atoms with Crippen molar-refractivity contribution in [1.29, 1.82) is 0 Å². The molecule has 0 aromatic heterocycles. The molecular weight excluding hydrogens is 358 g/mol. The van der Waals surface area contributed by atoms with Crippen molar-refractivity contribution in [1.82, 2.24) is 15.1 Å². The Labute approximate surface area is 168 Å². The number of carbonyl (C=O) groups excluding carboxylic acids is 2. The molecule has 0 bridgehead atoms. The number of hydrogen-bond donors (Lipinski definition) is 1. The van der Waals surface area contributed by atoms with E-state index >= 15 is 0 Å². The molecule has 2 amide bonds. The predicted molar refractivity (Wildman–Crippen MR) is 108 cm³/mol. The maximum Gasteiger partial charge on any atom is 0.410 e. The Bertz CT molecular complexity index is 633. The lowest BCUT2D eigenvalue weighted by molar-refractivity contribution is -0.00710. The molecule has 1 saturated heterocycles. The highest BCUT2D eigenvalue weighted by Crippen LogP contribution is 2.18. The molecule has 0 spiro atoms. The average Bonchev–Trinajstić information content (AvgIpc) is 2.61. The molecule has 1 N–H and O–H groups in total. The Morgan fingerprint density at radius 3 is 2.29 bits per heavy atom. The number of benzene rings is 1. The molecule has 1 aromatic rings. The number of carbonyl (C=O) groups is 2. The minimum atomic E-state index is -0.495. The van der Waals surface area contributed by atoms with E-state index in [9.17, 15) is 9.59 Å². The zero-order valence-corrected chi connectivity index (χ0v) is 17.6. The normalized spacial score (nSPS) is 20.5. The predicted octanol–water partition coefficient (Wildman–Crippen LogP) is 3.24. The van der Waals surface area contributed by atoms with Crippen LogP contribution in [0, 0.1) is 0 Å². The van der Waals surface area contributed by atoms with Crippen LogP contribution < -0.4 is 5.32 Å². The van der Waals surface area contributed by atoms with Crippen LogP contribution in [0.25, 0.3) is 0 Å². The summed E-state index contributed by atoms with van der Waals surface area (Å²) in [5.41, 5.74) is 0.461. The largest absolute Gasteiger partial charge is 0.445 e. The van der Waals surface area contributed by atoms with Crippen molar-refractivity contribution in [3.05, 3.63) is 35.9 Å². The van der Waals surface area contributed by atoms with E-state index in [2.05, 4.69) is 24.1 Å². The van der Waals surface area contributed by atoms with E-state index in [1.165, 1.54) is 0 Å². The number of ether oxygens (including phenoxy) is 2. The number of nitrogens with zero attached hydrogens (tertiary/aromatic N) is 2. The zero-order chi connectivity index (χ0) is 20.7. The summed E-state index contributed by atoms with van der Waals surface area (Å²) in [5, 5.41) is 2.80. The first kappa shape index (κ1) is 22.0. The van der Waals surface area contributed by atoms with E-state index in [1.54, 1.807) is 4.90 Å². The van der Waals surface area contributed by atoms with Gasteiger partial charge >= 0.3 is 12.2 Å². The fourth-order valence-corrected chi connectivity index (χ4v) is 3.33. The van der Waals surface area contributed by atoms with Gasteiger partial charge in [0.25, 0.3) is 0 Å². The number of rotatable bonds is 5. The van der Waals surface area contributed by atoms with Gasteiger partial charge in [-0.1, -0.05) is 30.3 Å². The van der Waals surface area contributed by atoms with Gasteiger partial charge in [0, 0.05) is 38.3 Å². The summed E-state index contributed by atoms with van der Waals surface area (Å²) in [7, 11) is 0. The Morgan fingerprint density at radius 2 is 1.71 bits per heavy atom. The van der Waals surface area contributed by atoms with E-state index in [0.29, 0.717) is 26.2 Å². The fraction of sp³-hybridized carbons (Fsp3) is 0.619. The van der Waals surface area contributed by atoms with Gasteiger partial charge in [-0.05, 0) is 40.2 Å². The van der Waals surface area contributed by atoms with Gasteiger partial charge in [0.15, 0.2) is 0 Å². The van der Waals surface area contributed by atoms with Crippen LogP contribution in [-0.4, -0.2) is 65.9 Å². The molecule has 1 aliphatic rings. The monoisotopic (exact) mass is 391 g/mol. The molecule has 1 heterocycles. The maximum atomic E-state index is 12.3. The smallest absolute Gasteiger partial charge is 0.410 e. The van der Waals surface area contributed by atoms with Gasteiger partial charge in [0.05, 0.1) is 0 Å². The molecule has 7 nitrogen and oxygen atoms in total. The van der Waals surface area contributed by atoms with Crippen LogP contribution in [0.4, 0.5) is 9.59 Å². The average molecular weight is 392 g/mol. The highest BCUT2D eigenvalue weighted by molar-refractivity contribution is 5.68. The van der Waals surface area contributed by atoms with Crippen molar-refractivity contribution in [3.63, 3.8) is 0 Å². The van der Waals surface area contributed by atoms with Gasteiger partial charge in [-0.25, -0.2) is 9.59 Å². The van der Waals surface area contributed by atoms with Crippen molar-refractivity contribution in [2.45, 2.75) is 58.9 Å². The van der Waals surface area contributed by atoms with E-state index < -0.39 is 11.7 Å². The third kappa shape index (κ3) is 7.03. The van der Waals surface area contributed by atoms with E-state index in [0.717, 1.165) is 5.56 Å². The molecule has 1 aliphatic heterocycles. The van der Waals surface area contributed by atoms with Gasteiger partial charge in [-0.3, -0.25) is 4.90 Å². The van der Waals surface area contributed by atoms with E-state index in [-0.39, 0.29) is 24.8 Å². The Hall–Kier alpha value is -2.28. The van der Waals surface area contributed by atoms with Crippen LogP contribution in [0.5, 0.6) is 0 Å². The van der Waals surface area contributed by atoms with E-state index in [1.807, 2.05) is 51.1 Å². The molecule has 0 radical (unpaired) electrons. The molecule has 0 saturated carbocycles. The summed E-state index contributed by atoms with van der Waals surface area (Å²) >= 11 is 0. The Morgan fingerprint density at radius 1 is 1.11 bits per heavy atom. The first-order chi connectivity index (χ1) is 13.2. The summed E-state index contributed by atoms with van der Waals surface area (Å²) in [5.74, 6) is 0. The summed E-state index contributed by atoms with van der Waals surface area (Å²) < 4.78 is 10.7. The fourth-order valence-electron chi connectivity index (χ4n) is 3.33. The number of alkyl carbamates (subject to hydrolysis) is 1. The van der Waals surface area contributed by atoms with E-state index in [4.69, 9.17) is 9.47 Å². The van der Waals surface area contributed by atoms with Crippen LogP contribution >= 0.6 is 0 Å². The van der Waals surface area contributed by atoms with Crippen LogP contribution in [0.15, 0.2) is 30.3 Å². The van der Waals surface area contributed by atoms with Gasteiger partial charge in [-0.15, -0.1) is 0 Å². The van der Waals surface area contributed by atoms with Crippen LogP contribution in [0.1, 0.15) is 40.2 Å². The molecule has 0 aliphatic carbocycles. The molecular formula is C21H33N3O4. The minimum Gasteiger partial charge on any atom is -0.445 e. The molecule has 156 valence electrons. The number of piperazine rings is 1. The highest BCUT2D eigenvalue weighted by atomic mass is 16.6. The standard InChI is InChI=1S/C21H33N3O4/c1-16-13-23(20(26)28-21(3,4)5)14-17(2)24(16)12-11-22-19(25)27-15-18-9-7-6-8-10-18/h6-10,16-17H,11-15H2,1-5H3,(H,22,25). The molecule has 7 heteroatoms. The molecule has 2 atom stereocenters. The topological polar surface area (TPSA) is 71.1 Å². The molecule has 2 unspecified atom stereocenters. The third-order valence-corrected chi connectivity index (χ3v) is 4.61. The lowest BCUT2D eigenvalue weighted by Gasteiger charge is -2.44. The number of amides is 2. The second kappa shape index (κ2) is 9.78. The van der Waals surface area contributed by atoms with Crippen LogP contribution in [-0.2, 0) is 16.1 Å². The van der Waals surface area contributed by atoms with Gasteiger partial charge < -0.3 is 19.7 Å². The zero-order valence-electron chi connectivity index (χ0n) is 17.6. The van der Waals surface area contributed by atoms with Crippen LogP contribution in [0.3, 0.4) is 0 Å². The molecule has 1 fully saturated rings. The third-order valence-electron chi connectivity index (χ3n) is 4.61. The second-order valence-corrected chi connectivity index (χ2v) is 8.31. The summed E-state index contributed by atoms with van der Waals surface area (Å²) in [4.78, 5) is 28.2. The van der Waals surface area contributed by atoms with Gasteiger partial charge in [-0.2, -0.15) is 0 Å².